The summed E-state index contributed by atoms with van der Waals surface area (Å²) in [5.41, 5.74) is 0. The second-order valence-electron chi connectivity index (χ2n) is 0.0589. The Balaban J connectivity index is -0.0000000200. The molecule has 0 saturated heterocycles. The van der Waals surface area contributed by atoms with E-state index in [-0.39, 0.29) is 34.4 Å². The molecule has 0 atom stereocenters. The second kappa shape index (κ2) is 16.6. The van der Waals surface area contributed by atoms with Crippen LogP contribution in [0.1, 0.15) is 0 Å². The van der Waals surface area contributed by atoms with Crippen molar-refractivity contribution in [3.05, 3.63) is 0 Å². The van der Waals surface area contributed by atoms with Crippen molar-refractivity contribution in [2.24, 2.45) is 0 Å². The van der Waals surface area contributed by atoms with Crippen LogP contribution in [0.5, 0.6) is 0 Å². The molecule has 0 rings (SSSR count). The van der Waals surface area contributed by atoms with Crippen LogP contribution in [0.2, 0.25) is 0 Å². The first-order chi connectivity index (χ1) is 1.41. The molecule has 0 nitrogen and oxygen atoms in total. The summed E-state index contributed by atoms with van der Waals surface area (Å²) in [6, 6.07) is 0. The van der Waals surface area contributed by atoms with Gasteiger partial charge in [0.2, 0.25) is 0 Å². The van der Waals surface area contributed by atoms with Crippen molar-refractivity contribution in [3.8, 4) is 0 Å². The molecule has 5 heavy (non-hydrogen) atoms. The van der Waals surface area contributed by atoms with Crippen LogP contribution in [-0.2, 0) is 46.1 Å². The van der Waals surface area contributed by atoms with Crippen molar-refractivity contribution in [2.45, 2.75) is 0 Å². The van der Waals surface area contributed by atoms with Gasteiger partial charge in [-0.3, -0.25) is 0 Å². The van der Waals surface area contributed by atoms with E-state index in [1.54, 1.807) is 0 Å². The summed E-state index contributed by atoms with van der Waals surface area (Å²) < 4.78 is 0. The topological polar surface area (TPSA) is 0 Å². The Morgan fingerprint density at radius 1 is 1.20 bits per heavy atom. The van der Waals surface area contributed by atoms with Gasteiger partial charge in [0, 0.05) is 34.4 Å². The van der Waals surface area contributed by atoms with E-state index in [1.807, 2.05) is 0 Å². The van der Waals surface area contributed by atoms with Gasteiger partial charge in [-0.25, -0.2) is 0 Å². The molecule has 0 amide bonds. The van der Waals surface area contributed by atoms with Crippen LogP contribution in [0.15, 0.2) is 0 Å². The van der Waals surface area contributed by atoms with Gasteiger partial charge in [-0.2, -0.15) is 0 Å². The van der Waals surface area contributed by atoms with Gasteiger partial charge in [-0.15, -0.1) is 0 Å². The molecule has 1 radical (unpaired) electrons. The monoisotopic (exact) mass is 235 g/mol. The third-order valence-corrected chi connectivity index (χ3v) is 0. The summed E-state index contributed by atoms with van der Waals surface area (Å²) in [7, 11) is 8.42. The molecular weight excluding hydrogens is 236 g/mol. The van der Waals surface area contributed by atoms with E-state index in [9.17, 15) is 0 Å². The van der Waals surface area contributed by atoms with Crippen molar-refractivity contribution < 1.29 is 46.1 Å². The Morgan fingerprint density at radius 2 is 1.20 bits per heavy atom. The predicted molar refractivity (Wildman–Crippen MR) is 15.2 cm³/mol. The minimum atomic E-state index is 0. The van der Waals surface area contributed by atoms with Crippen molar-refractivity contribution >= 4 is 21.1 Å². The first-order valence-electron chi connectivity index (χ1n) is 0.289. The summed E-state index contributed by atoms with van der Waals surface area (Å²) >= 11 is 0.417. The number of rotatable bonds is 0. The van der Waals surface area contributed by atoms with Crippen LogP contribution in [-0.4, -0.2) is 0 Å². The first kappa shape index (κ1) is 15.7. The molecule has 0 saturated carbocycles. The summed E-state index contributed by atoms with van der Waals surface area (Å²) in [4.78, 5) is 0. The Kier molecular flexibility index (Phi) is 52.4. The predicted octanol–water partition coefficient (Wildman–Crippen LogP) is 1.29. The van der Waals surface area contributed by atoms with Gasteiger partial charge in [-0.05, 0) is 0 Å². The van der Waals surface area contributed by atoms with Crippen LogP contribution in [0, 0.1) is 0 Å². The molecule has 0 aromatic heterocycles. The van der Waals surface area contributed by atoms with E-state index < -0.39 is 0 Å². The zero-order chi connectivity index (χ0) is 2.71. The average Bonchev–Trinajstić information content (AvgIpc) is 0.918. The van der Waals surface area contributed by atoms with E-state index >= 15 is 0 Å². The Hall–Kier alpha value is 2.01. The van der Waals surface area contributed by atoms with Crippen LogP contribution >= 0.6 is 21.1 Å². The third kappa shape index (κ3) is 23.9. The molecule has 0 aliphatic rings. The zero-order valence-corrected chi connectivity index (χ0v) is 6.83. The van der Waals surface area contributed by atoms with Gasteiger partial charge in [0.25, 0.3) is 0 Å². The fourth-order valence-corrected chi connectivity index (χ4v) is 0. The maximum atomic E-state index is 4.21. The normalized spacial score (nSPS) is 3.20. The standard InChI is InChI=1S/Cr.Cu.Fe.2S. The van der Waals surface area contributed by atoms with Gasteiger partial charge in [0.15, 0.2) is 0 Å². The number of hydrogen-bond donors (Lipinski definition) is 0. The molecule has 0 heterocycles. The van der Waals surface area contributed by atoms with Crippen LogP contribution in [0.25, 0.3) is 0 Å². The molecule has 0 aliphatic heterocycles. The summed E-state index contributed by atoms with van der Waals surface area (Å²) in [6.45, 7) is 0. The molecule has 5 heteroatoms. The molecule has 0 aliphatic carbocycles. The average molecular weight is 236 g/mol. The van der Waals surface area contributed by atoms with E-state index in [4.69, 9.17) is 0 Å². The summed E-state index contributed by atoms with van der Waals surface area (Å²) in [5, 5.41) is 0. The second-order valence-corrected chi connectivity index (χ2v) is 2.19. The fourth-order valence-electron chi connectivity index (χ4n) is 0. The minimum absolute atomic E-state index is 0. The van der Waals surface area contributed by atoms with E-state index in [0.717, 1.165) is 0 Å². The molecular formula is CrCuFeS2. The van der Waals surface area contributed by atoms with E-state index in [0.29, 0.717) is 11.7 Å². The van der Waals surface area contributed by atoms with Crippen LogP contribution in [0.4, 0.5) is 0 Å². The first-order valence-corrected chi connectivity index (χ1v) is 3.57. The van der Waals surface area contributed by atoms with Crippen molar-refractivity contribution in [1.82, 2.24) is 0 Å². The van der Waals surface area contributed by atoms with E-state index in [2.05, 4.69) is 21.1 Å². The van der Waals surface area contributed by atoms with E-state index in [1.165, 1.54) is 0 Å². The van der Waals surface area contributed by atoms with Gasteiger partial charge in [0.1, 0.15) is 0 Å². The molecule has 0 N–H and O–H groups in total. The maximum absolute atomic E-state index is 4.21. The zero-order valence-electron chi connectivity index (χ0n) is 1.88. The summed E-state index contributed by atoms with van der Waals surface area (Å²) in [6.07, 6.45) is 0. The van der Waals surface area contributed by atoms with Crippen LogP contribution < -0.4 is 0 Å². The Morgan fingerprint density at radius 3 is 1.20 bits per heavy atom. The molecule has 37 valence electrons. The van der Waals surface area contributed by atoms with Crippen LogP contribution in [0.3, 0.4) is 0 Å². The molecule has 0 aromatic carbocycles. The SMILES string of the molecule is [Cr].[Cu].[S]=[Fe]=[S]. The fraction of sp³-hybridized carbons (Fsp3) is 0. The molecule has 0 fully saturated rings. The molecule has 0 unspecified atom stereocenters. The van der Waals surface area contributed by atoms with Gasteiger partial charge >= 0.3 is 32.8 Å². The molecule has 0 aromatic rings. The van der Waals surface area contributed by atoms with Gasteiger partial charge in [0.05, 0.1) is 0 Å². The van der Waals surface area contributed by atoms with Gasteiger partial charge < -0.3 is 0 Å². The molecule has 0 spiro atoms. The summed E-state index contributed by atoms with van der Waals surface area (Å²) in [5.74, 6) is 0. The van der Waals surface area contributed by atoms with Crippen molar-refractivity contribution in [3.63, 3.8) is 0 Å². The Labute approximate surface area is 66.6 Å². The number of hydrogen-bond acceptors (Lipinski definition) is 2. The quantitative estimate of drug-likeness (QED) is 0.581. The molecule has 0 bridgehead atoms. The van der Waals surface area contributed by atoms with Crippen molar-refractivity contribution in [2.75, 3.05) is 0 Å². The van der Waals surface area contributed by atoms with Gasteiger partial charge in [-0.1, -0.05) is 0 Å². The third-order valence-electron chi connectivity index (χ3n) is 0. The van der Waals surface area contributed by atoms with Crippen molar-refractivity contribution in [1.29, 1.82) is 0 Å². The Bertz CT molecular complexity index is 30.6.